The molecular formula is C8H9N5S. The number of hydrogen-bond donors (Lipinski definition) is 1. The summed E-state index contributed by atoms with van der Waals surface area (Å²) in [7, 11) is 0. The molecule has 14 heavy (non-hydrogen) atoms. The van der Waals surface area contributed by atoms with Crippen molar-refractivity contribution in [3.8, 4) is 0 Å². The average Bonchev–Trinajstić information content (AvgIpc) is 2.52. The standard InChI is InChI=1S/C8H9N5S/c1-6-9-3-2-7(11-6)4-13-5-10-12-8(13)14/h2-3,5H,4H2,1H3,(H,12,14). The summed E-state index contributed by atoms with van der Waals surface area (Å²) in [5.74, 6) is 0.762. The Balaban J connectivity index is 2.27. The van der Waals surface area contributed by atoms with Gasteiger partial charge in [-0.3, -0.25) is 5.10 Å². The van der Waals surface area contributed by atoms with E-state index in [1.54, 1.807) is 12.5 Å². The lowest BCUT2D eigenvalue weighted by Gasteiger charge is -2.00. The van der Waals surface area contributed by atoms with Gasteiger partial charge in [0.2, 0.25) is 0 Å². The monoisotopic (exact) mass is 207 g/mol. The van der Waals surface area contributed by atoms with Crippen LogP contribution in [-0.2, 0) is 6.54 Å². The highest BCUT2D eigenvalue weighted by molar-refractivity contribution is 7.71. The zero-order valence-electron chi connectivity index (χ0n) is 7.64. The van der Waals surface area contributed by atoms with Gasteiger partial charge in [-0.2, -0.15) is 5.10 Å². The van der Waals surface area contributed by atoms with Crippen molar-refractivity contribution in [2.24, 2.45) is 0 Å². The number of aromatic nitrogens is 5. The molecule has 72 valence electrons. The Hall–Kier alpha value is -1.56. The molecule has 2 aromatic rings. The molecule has 2 rings (SSSR count). The fraction of sp³-hybridized carbons (Fsp3) is 0.250. The molecule has 5 nitrogen and oxygen atoms in total. The predicted octanol–water partition coefficient (Wildman–Crippen LogP) is 1.09. The van der Waals surface area contributed by atoms with Crippen molar-refractivity contribution in [3.63, 3.8) is 0 Å². The van der Waals surface area contributed by atoms with E-state index < -0.39 is 0 Å². The summed E-state index contributed by atoms with van der Waals surface area (Å²) in [6.45, 7) is 2.48. The fourth-order valence-electron chi connectivity index (χ4n) is 1.15. The van der Waals surface area contributed by atoms with Gasteiger partial charge < -0.3 is 4.57 Å². The van der Waals surface area contributed by atoms with Gasteiger partial charge in [0.1, 0.15) is 12.2 Å². The second-order valence-corrected chi connectivity index (χ2v) is 3.27. The average molecular weight is 207 g/mol. The van der Waals surface area contributed by atoms with Gasteiger partial charge in [0.25, 0.3) is 0 Å². The Morgan fingerprint density at radius 3 is 3.07 bits per heavy atom. The molecule has 0 aromatic carbocycles. The van der Waals surface area contributed by atoms with E-state index in [0.717, 1.165) is 11.5 Å². The molecule has 0 aliphatic rings. The minimum atomic E-state index is 0.598. The van der Waals surface area contributed by atoms with Crippen molar-refractivity contribution in [2.75, 3.05) is 0 Å². The van der Waals surface area contributed by atoms with Gasteiger partial charge >= 0.3 is 0 Å². The number of H-pyrrole nitrogens is 1. The van der Waals surface area contributed by atoms with Crippen molar-refractivity contribution in [2.45, 2.75) is 13.5 Å². The van der Waals surface area contributed by atoms with E-state index >= 15 is 0 Å². The van der Waals surface area contributed by atoms with Gasteiger partial charge in [0.15, 0.2) is 4.77 Å². The molecule has 0 fully saturated rings. The summed E-state index contributed by atoms with van der Waals surface area (Å²) in [4.78, 5) is 8.29. The third kappa shape index (κ3) is 1.85. The van der Waals surface area contributed by atoms with Gasteiger partial charge in [0, 0.05) is 6.20 Å². The molecule has 0 atom stereocenters. The number of nitrogens with one attached hydrogen (secondary N) is 1. The number of rotatable bonds is 2. The van der Waals surface area contributed by atoms with Crippen molar-refractivity contribution in [1.29, 1.82) is 0 Å². The third-order valence-electron chi connectivity index (χ3n) is 1.78. The van der Waals surface area contributed by atoms with E-state index in [4.69, 9.17) is 12.2 Å². The lowest BCUT2D eigenvalue weighted by molar-refractivity contribution is 0.750. The van der Waals surface area contributed by atoms with E-state index in [0.29, 0.717) is 11.3 Å². The van der Waals surface area contributed by atoms with Gasteiger partial charge in [-0.15, -0.1) is 0 Å². The second kappa shape index (κ2) is 3.67. The van der Waals surface area contributed by atoms with Crippen molar-refractivity contribution in [3.05, 3.63) is 34.9 Å². The molecule has 2 aromatic heterocycles. The van der Waals surface area contributed by atoms with Crippen LogP contribution in [0, 0.1) is 11.7 Å². The maximum Gasteiger partial charge on any atom is 0.195 e. The molecule has 0 saturated carbocycles. The van der Waals surface area contributed by atoms with Crippen LogP contribution in [0.25, 0.3) is 0 Å². The minimum absolute atomic E-state index is 0.598. The Bertz CT molecular complexity index is 486. The molecule has 0 unspecified atom stereocenters. The first kappa shape index (κ1) is 9.01. The Labute approximate surface area is 85.8 Å². The number of nitrogens with zero attached hydrogens (tertiary/aromatic N) is 4. The van der Waals surface area contributed by atoms with Crippen LogP contribution in [0.4, 0.5) is 0 Å². The summed E-state index contributed by atoms with van der Waals surface area (Å²) in [6.07, 6.45) is 3.39. The van der Waals surface area contributed by atoms with Crippen LogP contribution in [0.15, 0.2) is 18.6 Å². The lowest BCUT2D eigenvalue weighted by atomic mass is 10.4. The smallest absolute Gasteiger partial charge is 0.195 e. The van der Waals surface area contributed by atoms with Crippen molar-refractivity contribution in [1.82, 2.24) is 24.7 Å². The highest BCUT2D eigenvalue weighted by Crippen LogP contribution is 1.98. The topological polar surface area (TPSA) is 59.4 Å². The van der Waals surface area contributed by atoms with Crippen molar-refractivity contribution < 1.29 is 0 Å². The van der Waals surface area contributed by atoms with E-state index in [1.165, 1.54) is 0 Å². The van der Waals surface area contributed by atoms with Crippen LogP contribution >= 0.6 is 12.2 Å². The largest absolute Gasteiger partial charge is 0.301 e. The molecular weight excluding hydrogens is 198 g/mol. The first-order valence-electron chi connectivity index (χ1n) is 4.14. The molecule has 0 aliphatic carbocycles. The quantitative estimate of drug-likeness (QED) is 0.749. The summed E-state index contributed by atoms with van der Waals surface area (Å²) in [6, 6.07) is 1.86. The van der Waals surface area contributed by atoms with E-state index in [1.807, 2.05) is 17.6 Å². The number of hydrogen-bond acceptors (Lipinski definition) is 4. The Morgan fingerprint density at radius 1 is 1.57 bits per heavy atom. The van der Waals surface area contributed by atoms with Crippen LogP contribution in [0.1, 0.15) is 11.5 Å². The van der Waals surface area contributed by atoms with E-state index in [2.05, 4.69) is 20.2 Å². The maximum absolute atomic E-state index is 5.02. The second-order valence-electron chi connectivity index (χ2n) is 2.88. The SMILES string of the molecule is Cc1nccc(Cn2cn[nH]c2=S)n1. The first-order valence-corrected chi connectivity index (χ1v) is 4.55. The van der Waals surface area contributed by atoms with E-state index in [9.17, 15) is 0 Å². The molecule has 0 bridgehead atoms. The summed E-state index contributed by atoms with van der Waals surface area (Å²) < 4.78 is 2.41. The highest BCUT2D eigenvalue weighted by Gasteiger charge is 1.98. The van der Waals surface area contributed by atoms with Gasteiger partial charge in [0.05, 0.1) is 12.2 Å². The summed E-state index contributed by atoms with van der Waals surface area (Å²) in [5, 5.41) is 6.52. The number of aromatic amines is 1. The zero-order chi connectivity index (χ0) is 9.97. The van der Waals surface area contributed by atoms with E-state index in [-0.39, 0.29) is 0 Å². The molecule has 0 saturated heterocycles. The highest BCUT2D eigenvalue weighted by atomic mass is 32.1. The molecule has 0 spiro atoms. The first-order chi connectivity index (χ1) is 6.75. The number of aryl methyl sites for hydroxylation is 1. The van der Waals surface area contributed by atoms with Crippen LogP contribution in [0.3, 0.4) is 0 Å². The van der Waals surface area contributed by atoms with Crippen LogP contribution in [0.2, 0.25) is 0 Å². The molecule has 1 N–H and O–H groups in total. The van der Waals surface area contributed by atoms with Crippen molar-refractivity contribution >= 4 is 12.2 Å². The molecule has 0 amide bonds. The normalized spacial score (nSPS) is 10.4. The van der Waals surface area contributed by atoms with Gasteiger partial charge in [-0.25, -0.2) is 9.97 Å². The fourth-order valence-corrected chi connectivity index (χ4v) is 1.32. The molecule has 6 heteroatoms. The van der Waals surface area contributed by atoms with Gasteiger partial charge in [-0.05, 0) is 25.2 Å². The minimum Gasteiger partial charge on any atom is -0.301 e. The van der Waals surface area contributed by atoms with Gasteiger partial charge in [-0.1, -0.05) is 0 Å². The molecule has 2 heterocycles. The van der Waals surface area contributed by atoms with Crippen LogP contribution < -0.4 is 0 Å². The lowest BCUT2D eigenvalue weighted by Crippen LogP contribution is -2.02. The summed E-state index contributed by atoms with van der Waals surface area (Å²) >= 11 is 5.02. The maximum atomic E-state index is 5.02. The van der Waals surface area contributed by atoms with Crippen LogP contribution in [-0.4, -0.2) is 24.7 Å². The summed E-state index contributed by atoms with van der Waals surface area (Å²) in [5.41, 5.74) is 0.926. The molecule has 0 aliphatic heterocycles. The zero-order valence-corrected chi connectivity index (χ0v) is 8.45. The van der Waals surface area contributed by atoms with Crippen LogP contribution in [0.5, 0.6) is 0 Å². The predicted molar refractivity (Wildman–Crippen MR) is 53.3 cm³/mol. The Kier molecular flexibility index (Phi) is 2.36. The Morgan fingerprint density at radius 2 is 2.43 bits per heavy atom. The third-order valence-corrected chi connectivity index (χ3v) is 2.11. The molecule has 0 radical (unpaired) electrons.